The highest BCUT2D eigenvalue weighted by Gasteiger charge is 2.46. The molecule has 13 rings (SSSR count). The number of hydrogen-bond acceptors (Lipinski definition) is 4. The lowest BCUT2D eigenvalue weighted by Crippen LogP contribution is -2.42. The molecule has 68 heavy (non-hydrogen) atoms. The molecule has 0 radical (unpaired) electrons. The van der Waals surface area contributed by atoms with Gasteiger partial charge in [0.2, 0.25) is 0 Å². The van der Waals surface area contributed by atoms with Crippen molar-refractivity contribution in [1.82, 2.24) is 9.13 Å². The molecule has 2 aliphatic heterocycles. The van der Waals surface area contributed by atoms with E-state index in [0.717, 1.165) is 96.9 Å². The van der Waals surface area contributed by atoms with Gasteiger partial charge in [-0.25, -0.2) is 0 Å². The van der Waals surface area contributed by atoms with Gasteiger partial charge in [0.05, 0.1) is 40.9 Å². The summed E-state index contributed by atoms with van der Waals surface area (Å²) in [6.07, 6.45) is 0. The standard InChI is InChI=1S/C60H46N2O2P2S2/c1-59(2)43-23-11-15-27-51(43)65(63,41-19-7-5-8-20-41)53-33-31-39(35-45(53)59)61-47-25-13-17-29-55(47)67-57-38-50-58(37-49(57)61)68-56-30-18-14-26-48(56)62(50)40-32-34-54-46(36-40)60(3,4)44-24-12-16-28-52(44)66(54,64)42-21-9-6-10-22-42/h5-38H,1-4H3. The number of hydrogen-bond donors (Lipinski definition) is 0. The largest absolute Gasteiger partial charge is 0.309 e. The highest BCUT2D eigenvalue weighted by Crippen LogP contribution is 2.54. The number of benzene rings is 9. The fourth-order valence-electron chi connectivity index (χ4n) is 11.4. The molecule has 2 unspecified atom stereocenters. The van der Waals surface area contributed by atoms with Gasteiger partial charge < -0.3 is 18.3 Å². The smallest absolute Gasteiger partial charge is 0.171 e. The summed E-state index contributed by atoms with van der Waals surface area (Å²) in [5.74, 6) is 0. The van der Waals surface area contributed by atoms with Crippen LogP contribution in [0.1, 0.15) is 49.9 Å². The van der Waals surface area contributed by atoms with Crippen LogP contribution in [0.3, 0.4) is 0 Å². The molecule has 2 aliphatic rings. The zero-order chi connectivity index (χ0) is 46.2. The van der Waals surface area contributed by atoms with Crippen molar-refractivity contribution in [2.24, 2.45) is 0 Å². The quantitative estimate of drug-likeness (QED) is 0.130. The first kappa shape index (κ1) is 41.7. The van der Waals surface area contributed by atoms with Gasteiger partial charge in [0.1, 0.15) is 0 Å². The highest BCUT2D eigenvalue weighted by atomic mass is 32.1. The molecule has 0 amide bonds. The summed E-state index contributed by atoms with van der Waals surface area (Å²) >= 11 is 3.60. The van der Waals surface area contributed by atoms with Gasteiger partial charge in [-0.15, -0.1) is 22.7 Å². The van der Waals surface area contributed by atoms with E-state index in [4.69, 9.17) is 0 Å². The molecule has 0 saturated carbocycles. The fourth-order valence-corrected chi connectivity index (χ4v) is 20.2. The molecule has 0 spiro atoms. The first-order chi connectivity index (χ1) is 33.0. The molecular weight excluding hydrogens is 907 g/mol. The Kier molecular flexibility index (Phi) is 9.18. The van der Waals surface area contributed by atoms with Crippen LogP contribution in [0.5, 0.6) is 0 Å². The topological polar surface area (TPSA) is 44.0 Å². The first-order valence-corrected chi connectivity index (χ1v) is 28.2. The van der Waals surface area contributed by atoms with E-state index in [2.05, 4.69) is 170 Å². The maximum absolute atomic E-state index is 15.9. The lowest BCUT2D eigenvalue weighted by molar-refractivity contribution is 0.585. The Morgan fingerprint density at radius 2 is 0.691 bits per heavy atom. The molecule has 9 aromatic carbocycles. The van der Waals surface area contributed by atoms with Crippen LogP contribution in [0.2, 0.25) is 0 Å². The summed E-state index contributed by atoms with van der Waals surface area (Å²) in [5.41, 5.74) is 10.1. The third kappa shape index (κ3) is 5.79. The Morgan fingerprint density at radius 3 is 1.12 bits per heavy atom. The minimum atomic E-state index is -3.20. The normalized spacial score (nSPS) is 18.8. The second-order valence-corrected chi connectivity index (χ2v) is 26.7. The Morgan fingerprint density at radius 1 is 0.338 bits per heavy atom. The van der Waals surface area contributed by atoms with Crippen LogP contribution in [0.25, 0.3) is 52.2 Å². The second-order valence-electron chi connectivity index (χ2n) is 19.2. The van der Waals surface area contributed by atoms with Crippen molar-refractivity contribution in [2.75, 3.05) is 0 Å². The number of nitrogens with zero attached hydrogens (tertiary/aromatic N) is 2. The van der Waals surface area contributed by atoms with Crippen molar-refractivity contribution in [3.63, 3.8) is 0 Å². The van der Waals surface area contributed by atoms with E-state index in [9.17, 15) is 0 Å². The Balaban J connectivity index is 1.06. The van der Waals surface area contributed by atoms with Crippen LogP contribution in [-0.4, -0.2) is 9.13 Å². The molecule has 0 saturated heterocycles. The maximum Gasteiger partial charge on any atom is 0.171 e. The molecule has 2 atom stereocenters. The maximum atomic E-state index is 15.9. The molecule has 4 heterocycles. The summed E-state index contributed by atoms with van der Waals surface area (Å²) in [4.78, 5) is 0. The van der Waals surface area contributed by atoms with Crippen LogP contribution < -0.4 is 31.8 Å². The van der Waals surface area contributed by atoms with Crippen molar-refractivity contribution in [3.8, 4) is 11.4 Å². The van der Waals surface area contributed by atoms with Crippen LogP contribution in [0.4, 0.5) is 0 Å². The van der Waals surface area contributed by atoms with E-state index in [1.165, 1.54) is 9.40 Å². The van der Waals surface area contributed by atoms with Gasteiger partial charge >= 0.3 is 0 Å². The van der Waals surface area contributed by atoms with Crippen LogP contribution in [-0.2, 0) is 20.0 Å². The summed E-state index contributed by atoms with van der Waals surface area (Å²) in [6.45, 7) is 9.10. The predicted molar refractivity (Wildman–Crippen MR) is 292 cm³/mol. The van der Waals surface area contributed by atoms with E-state index in [1.54, 1.807) is 22.7 Å². The van der Waals surface area contributed by atoms with E-state index in [1.807, 2.05) is 72.8 Å². The number of rotatable bonds is 4. The zero-order valence-electron chi connectivity index (χ0n) is 38.1. The molecular formula is C60H46N2O2P2S2. The lowest BCUT2D eigenvalue weighted by Gasteiger charge is -2.40. The van der Waals surface area contributed by atoms with Gasteiger partial charge in [-0.05, 0) is 95.1 Å². The molecule has 330 valence electrons. The minimum Gasteiger partial charge on any atom is -0.309 e. The molecule has 0 bridgehead atoms. The molecule has 0 fully saturated rings. The van der Waals surface area contributed by atoms with E-state index >= 15 is 9.13 Å². The highest BCUT2D eigenvalue weighted by molar-refractivity contribution is 7.86. The van der Waals surface area contributed by atoms with Crippen molar-refractivity contribution >= 4 is 110 Å². The Hall–Kier alpha value is -6.52. The van der Waals surface area contributed by atoms with Crippen molar-refractivity contribution < 1.29 is 9.13 Å². The number of aromatic nitrogens is 2. The monoisotopic (exact) mass is 952 g/mol. The van der Waals surface area contributed by atoms with Gasteiger partial charge in [-0.3, -0.25) is 0 Å². The van der Waals surface area contributed by atoms with Crippen molar-refractivity contribution in [1.29, 1.82) is 0 Å². The number of fused-ring (bicyclic) bond motifs is 8. The van der Waals surface area contributed by atoms with Gasteiger partial charge in [0, 0.05) is 54.0 Å². The zero-order valence-corrected chi connectivity index (χ0v) is 41.5. The van der Waals surface area contributed by atoms with Crippen LogP contribution in [0.15, 0.2) is 206 Å². The molecule has 8 heteroatoms. The van der Waals surface area contributed by atoms with Crippen molar-refractivity contribution in [2.45, 2.75) is 38.5 Å². The van der Waals surface area contributed by atoms with E-state index in [-0.39, 0.29) is 0 Å². The lowest BCUT2D eigenvalue weighted by atomic mass is 9.77. The minimum absolute atomic E-state index is 0.409. The molecule has 4 nitrogen and oxygen atoms in total. The van der Waals surface area contributed by atoms with Gasteiger partial charge in [0.15, 0.2) is 14.3 Å². The van der Waals surface area contributed by atoms with Gasteiger partial charge in [-0.2, -0.15) is 0 Å². The molecule has 2 aromatic heterocycles. The molecule has 0 N–H and O–H groups in total. The summed E-state index contributed by atoms with van der Waals surface area (Å²) in [5, 5.41) is 5.36. The SMILES string of the molecule is CC1(C)c2ccccc2P(=O)(c2ccccc2)c2ccc(-n3c4ccccc4sc4cc5c(cc43)sc3ccccc3n5-c3ccc4c(c3)C(C)(C)c3ccccc3P4(=O)c3ccccc3)cc21. The predicted octanol–water partition coefficient (Wildman–Crippen LogP) is 13.7. The average molecular weight is 953 g/mol. The van der Waals surface area contributed by atoms with Gasteiger partial charge in [-0.1, -0.05) is 161 Å². The molecule has 11 aromatic rings. The first-order valence-electron chi connectivity index (χ1n) is 23.1. The third-order valence-electron chi connectivity index (χ3n) is 14.7. The number of para-hydroxylation sites is 2. The van der Waals surface area contributed by atoms with Gasteiger partial charge in [0.25, 0.3) is 0 Å². The Bertz CT molecular complexity index is 3800. The molecule has 0 aliphatic carbocycles. The third-order valence-corrected chi connectivity index (χ3v) is 23.3. The second kappa shape index (κ2) is 15.0. The average Bonchev–Trinajstić information content (AvgIpc) is 3.38. The van der Waals surface area contributed by atoms with Crippen LogP contribution in [0, 0.1) is 0 Å². The van der Waals surface area contributed by atoms with Crippen molar-refractivity contribution in [3.05, 3.63) is 229 Å². The van der Waals surface area contributed by atoms with E-state index < -0.39 is 25.1 Å². The Labute approximate surface area is 403 Å². The van der Waals surface area contributed by atoms with Crippen LogP contribution >= 0.6 is 37.0 Å². The van der Waals surface area contributed by atoms with E-state index in [0.29, 0.717) is 0 Å². The fraction of sp³-hybridized carbons (Fsp3) is 0.100. The summed E-state index contributed by atoms with van der Waals surface area (Å²) in [7, 11) is -6.41. The summed E-state index contributed by atoms with van der Waals surface area (Å²) < 4.78 is 41.2. The summed E-state index contributed by atoms with van der Waals surface area (Å²) in [6, 6.07) is 72.2.